The van der Waals surface area contributed by atoms with Crippen LogP contribution in [0.1, 0.15) is 32.6 Å². The van der Waals surface area contributed by atoms with E-state index >= 15 is 0 Å². The molecule has 1 aliphatic heterocycles. The van der Waals surface area contributed by atoms with Gasteiger partial charge in [0.15, 0.2) is 0 Å². The van der Waals surface area contributed by atoms with Crippen molar-refractivity contribution in [3.63, 3.8) is 0 Å². The topological polar surface area (TPSA) is 87.7 Å². The second-order valence-corrected chi connectivity index (χ2v) is 5.63. The molecular weight excluding hydrogens is 248 g/mol. The van der Waals surface area contributed by atoms with E-state index in [1.807, 2.05) is 6.92 Å². The Balaban J connectivity index is 1.68. The van der Waals surface area contributed by atoms with Gasteiger partial charge in [-0.1, -0.05) is 6.42 Å². The average Bonchev–Trinajstić information content (AvgIpc) is 2.70. The molecule has 0 aromatic rings. The zero-order chi connectivity index (χ0) is 13.9. The summed E-state index contributed by atoms with van der Waals surface area (Å²) >= 11 is 0. The summed E-state index contributed by atoms with van der Waals surface area (Å²) in [7, 11) is 0. The molecule has 19 heavy (non-hydrogen) atoms. The molecule has 0 spiro atoms. The normalized spacial score (nSPS) is 28.5. The number of carboxylic acids is 1. The van der Waals surface area contributed by atoms with Crippen LogP contribution in [0.25, 0.3) is 0 Å². The van der Waals surface area contributed by atoms with Crippen LogP contribution in [0.5, 0.6) is 0 Å². The molecule has 2 aliphatic rings. The Hall–Kier alpha value is -1.30. The summed E-state index contributed by atoms with van der Waals surface area (Å²) in [6.45, 7) is 3.54. The highest BCUT2D eigenvalue weighted by molar-refractivity contribution is 5.78. The van der Waals surface area contributed by atoms with Gasteiger partial charge in [0, 0.05) is 25.6 Å². The van der Waals surface area contributed by atoms with Crippen molar-refractivity contribution in [3.05, 3.63) is 0 Å². The molecular formula is C13H22N2O4. The average molecular weight is 270 g/mol. The predicted octanol–water partition coefficient (Wildman–Crippen LogP) is 0.965. The van der Waals surface area contributed by atoms with E-state index in [0.29, 0.717) is 25.3 Å². The molecule has 1 saturated heterocycles. The Bertz CT molecular complexity index is 355. The lowest BCUT2D eigenvalue weighted by Gasteiger charge is -2.37. The van der Waals surface area contributed by atoms with Crippen molar-refractivity contribution in [2.75, 3.05) is 19.7 Å². The fraction of sp³-hybridized carbons (Fsp3) is 0.846. The van der Waals surface area contributed by atoms with Crippen LogP contribution in [0.4, 0.5) is 4.79 Å². The number of amides is 2. The standard InChI is InChI=1S/C13H22N2O4/c1-9-10(3-6-19-9)7-14-12(18)15-8-13(11(16)17)4-2-5-13/h9-10H,2-8H2,1H3,(H,16,17)(H2,14,15,18). The monoisotopic (exact) mass is 270 g/mol. The molecule has 1 saturated carbocycles. The minimum atomic E-state index is -0.808. The molecule has 6 heteroatoms. The van der Waals surface area contributed by atoms with Gasteiger partial charge >= 0.3 is 12.0 Å². The first kappa shape index (κ1) is 14.1. The first-order valence-corrected chi connectivity index (χ1v) is 6.90. The fourth-order valence-corrected chi connectivity index (χ4v) is 2.65. The minimum absolute atomic E-state index is 0.178. The zero-order valence-corrected chi connectivity index (χ0v) is 11.3. The number of hydrogen-bond acceptors (Lipinski definition) is 3. The highest BCUT2D eigenvalue weighted by atomic mass is 16.5. The minimum Gasteiger partial charge on any atom is -0.481 e. The molecule has 0 aromatic heterocycles. The van der Waals surface area contributed by atoms with Gasteiger partial charge in [-0.25, -0.2) is 4.79 Å². The maximum absolute atomic E-state index is 11.7. The fourth-order valence-electron chi connectivity index (χ4n) is 2.65. The van der Waals surface area contributed by atoms with Crippen molar-refractivity contribution in [1.29, 1.82) is 0 Å². The van der Waals surface area contributed by atoms with Crippen LogP contribution >= 0.6 is 0 Å². The van der Waals surface area contributed by atoms with Gasteiger partial charge < -0.3 is 20.5 Å². The summed E-state index contributed by atoms with van der Waals surface area (Å²) < 4.78 is 5.42. The highest BCUT2D eigenvalue weighted by Crippen LogP contribution is 2.40. The number of hydrogen-bond donors (Lipinski definition) is 3. The molecule has 3 N–H and O–H groups in total. The van der Waals surface area contributed by atoms with Gasteiger partial charge in [0.25, 0.3) is 0 Å². The Kier molecular flexibility index (Phi) is 4.29. The molecule has 1 heterocycles. The molecule has 1 aliphatic carbocycles. The molecule has 2 atom stereocenters. The lowest BCUT2D eigenvalue weighted by Crippen LogP contribution is -2.50. The van der Waals surface area contributed by atoms with Crippen molar-refractivity contribution >= 4 is 12.0 Å². The largest absolute Gasteiger partial charge is 0.481 e. The number of aliphatic carboxylic acids is 1. The van der Waals surface area contributed by atoms with E-state index in [4.69, 9.17) is 9.84 Å². The predicted molar refractivity (Wildman–Crippen MR) is 68.8 cm³/mol. The van der Waals surface area contributed by atoms with E-state index in [-0.39, 0.29) is 18.7 Å². The van der Waals surface area contributed by atoms with Crippen LogP contribution in [-0.4, -0.2) is 42.9 Å². The Morgan fingerprint density at radius 2 is 2.11 bits per heavy atom. The summed E-state index contributed by atoms with van der Waals surface area (Å²) in [5.74, 6) is -0.459. The molecule has 108 valence electrons. The highest BCUT2D eigenvalue weighted by Gasteiger charge is 2.44. The molecule has 2 amide bonds. The van der Waals surface area contributed by atoms with Crippen LogP contribution in [0, 0.1) is 11.3 Å². The molecule has 0 radical (unpaired) electrons. The number of rotatable bonds is 5. The lowest BCUT2D eigenvalue weighted by atomic mass is 9.69. The third-order valence-electron chi connectivity index (χ3n) is 4.41. The molecule has 6 nitrogen and oxygen atoms in total. The van der Waals surface area contributed by atoms with Crippen molar-refractivity contribution < 1.29 is 19.4 Å². The SMILES string of the molecule is CC1OCCC1CNC(=O)NCC1(C(=O)O)CCC1. The number of carboxylic acid groups (broad SMARTS) is 1. The number of ether oxygens (including phenoxy) is 1. The summed E-state index contributed by atoms with van der Waals surface area (Å²) in [5, 5.41) is 14.6. The molecule has 0 aromatic carbocycles. The number of carbonyl (C=O) groups is 2. The quantitative estimate of drug-likeness (QED) is 0.694. The molecule has 0 bridgehead atoms. The van der Waals surface area contributed by atoms with E-state index in [1.165, 1.54) is 0 Å². The summed E-state index contributed by atoms with van der Waals surface area (Å²) in [6, 6.07) is -0.286. The molecule has 2 unspecified atom stereocenters. The summed E-state index contributed by atoms with van der Waals surface area (Å²) in [4.78, 5) is 22.8. The van der Waals surface area contributed by atoms with Crippen LogP contribution in [0.3, 0.4) is 0 Å². The summed E-state index contributed by atoms with van der Waals surface area (Å²) in [6.07, 6.45) is 3.36. The zero-order valence-electron chi connectivity index (χ0n) is 11.3. The van der Waals surface area contributed by atoms with E-state index in [1.54, 1.807) is 0 Å². The van der Waals surface area contributed by atoms with E-state index in [9.17, 15) is 9.59 Å². The van der Waals surface area contributed by atoms with Crippen molar-refractivity contribution in [3.8, 4) is 0 Å². The van der Waals surface area contributed by atoms with E-state index < -0.39 is 11.4 Å². The van der Waals surface area contributed by atoms with Gasteiger partial charge in [0.2, 0.25) is 0 Å². The van der Waals surface area contributed by atoms with Crippen LogP contribution in [0.2, 0.25) is 0 Å². The van der Waals surface area contributed by atoms with Crippen molar-refractivity contribution in [2.24, 2.45) is 11.3 Å². The van der Waals surface area contributed by atoms with Crippen LogP contribution in [0.15, 0.2) is 0 Å². The van der Waals surface area contributed by atoms with E-state index in [0.717, 1.165) is 19.4 Å². The first-order valence-electron chi connectivity index (χ1n) is 6.90. The number of carbonyl (C=O) groups excluding carboxylic acids is 1. The van der Waals surface area contributed by atoms with Crippen LogP contribution in [-0.2, 0) is 9.53 Å². The number of urea groups is 1. The van der Waals surface area contributed by atoms with Crippen molar-refractivity contribution in [1.82, 2.24) is 10.6 Å². The van der Waals surface area contributed by atoms with Gasteiger partial charge in [-0.3, -0.25) is 4.79 Å². The Labute approximate surface area is 112 Å². The smallest absolute Gasteiger partial charge is 0.314 e. The third-order valence-corrected chi connectivity index (χ3v) is 4.41. The van der Waals surface area contributed by atoms with E-state index in [2.05, 4.69) is 10.6 Å². The lowest BCUT2D eigenvalue weighted by molar-refractivity contribution is -0.153. The third kappa shape index (κ3) is 3.18. The Morgan fingerprint density at radius 1 is 1.37 bits per heavy atom. The van der Waals surface area contributed by atoms with Crippen molar-refractivity contribution in [2.45, 2.75) is 38.7 Å². The van der Waals surface area contributed by atoms with Crippen LogP contribution < -0.4 is 10.6 Å². The van der Waals surface area contributed by atoms with Gasteiger partial charge in [-0.2, -0.15) is 0 Å². The number of nitrogens with one attached hydrogen (secondary N) is 2. The van der Waals surface area contributed by atoms with Gasteiger partial charge in [0.1, 0.15) is 0 Å². The summed E-state index contributed by atoms with van der Waals surface area (Å²) in [5.41, 5.74) is -0.735. The van der Waals surface area contributed by atoms with Gasteiger partial charge in [-0.15, -0.1) is 0 Å². The first-order chi connectivity index (χ1) is 9.03. The molecule has 2 fully saturated rings. The van der Waals surface area contributed by atoms with Gasteiger partial charge in [0.05, 0.1) is 11.5 Å². The second kappa shape index (κ2) is 5.77. The maximum atomic E-state index is 11.7. The van der Waals surface area contributed by atoms with Gasteiger partial charge in [-0.05, 0) is 26.2 Å². The second-order valence-electron chi connectivity index (χ2n) is 5.63. The molecule has 2 rings (SSSR count). The Morgan fingerprint density at radius 3 is 2.58 bits per heavy atom. The maximum Gasteiger partial charge on any atom is 0.314 e.